The average molecular weight is 449 g/mol. The molecule has 33 heavy (non-hydrogen) atoms. The van der Waals surface area contributed by atoms with Crippen molar-refractivity contribution in [3.05, 3.63) is 106 Å². The number of rotatable bonds is 6. The molecule has 0 spiro atoms. The largest absolute Gasteiger partial charge is 0.327 e. The minimum absolute atomic E-state index is 0.0195. The van der Waals surface area contributed by atoms with Gasteiger partial charge in [-0.2, -0.15) is 5.10 Å². The fourth-order valence-corrected chi connectivity index (χ4v) is 3.18. The molecule has 0 aliphatic rings. The van der Waals surface area contributed by atoms with Gasteiger partial charge in [-0.05, 0) is 29.8 Å². The van der Waals surface area contributed by atoms with Crippen LogP contribution in [-0.4, -0.2) is 26.3 Å². The first-order chi connectivity index (χ1) is 15.9. The van der Waals surface area contributed by atoms with E-state index < -0.39 is 23.0 Å². The van der Waals surface area contributed by atoms with Crippen molar-refractivity contribution < 1.29 is 13.2 Å². The lowest BCUT2D eigenvalue weighted by Crippen LogP contribution is -2.22. The lowest BCUT2D eigenvalue weighted by Gasteiger charge is -2.09. The summed E-state index contributed by atoms with van der Waals surface area (Å²) in [7, 11) is 0. The molecule has 0 aliphatic heterocycles. The van der Waals surface area contributed by atoms with Crippen LogP contribution in [0.4, 0.5) is 13.2 Å². The van der Waals surface area contributed by atoms with Crippen LogP contribution in [0, 0.1) is 17.5 Å². The van der Waals surface area contributed by atoms with Crippen molar-refractivity contribution in [2.45, 2.75) is 6.54 Å². The van der Waals surface area contributed by atoms with E-state index >= 15 is 0 Å². The highest BCUT2D eigenvalue weighted by atomic mass is 19.2. The van der Waals surface area contributed by atoms with Gasteiger partial charge >= 0.3 is 0 Å². The Bertz CT molecular complexity index is 1360. The first kappa shape index (κ1) is 22.1. The Labute approximate surface area is 186 Å². The van der Waals surface area contributed by atoms with Gasteiger partial charge in [0.05, 0.1) is 12.2 Å². The summed E-state index contributed by atoms with van der Waals surface area (Å²) in [6.45, 7) is 0.521. The highest BCUT2D eigenvalue weighted by Gasteiger charge is 2.13. The third kappa shape index (κ3) is 5.04. The number of hydrogen-bond donors (Lipinski definition) is 1. The molecule has 9 heteroatoms. The lowest BCUT2D eigenvalue weighted by molar-refractivity contribution is 0.447. The second kappa shape index (κ2) is 9.58. The number of aromatic nitrogens is 4. The maximum absolute atomic E-state index is 13.6. The SMILES string of the molecule is NCC=Cc1cnc(-c2cccc(Cn3nc(-c4cc(F)c(F)c(F)c4)ccc3=O)c2)nc1. The van der Waals surface area contributed by atoms with Gasteiger partial charge in [0.1, 0.15) is 0 Å². The quantitative estimate of drug-likeness (QED) is 0.453. The van der Waals surface area contributed by atoms with E-state index in [1.165, 1.54) is 12.1 Å². The zero-order valence-corrected chi connectivity index (χ0v) is 17.3. The molecule has 0 atom stereocenters. The Morgan fingerprint density at radius 1 is 0.939 bits per heavy atom. The van der Waals surface area contributed by atoms with Gasteiger partial charge in [-0.25, -0.2) is 27.8 Å². The van der Waals surface area contributed by atoms with E-state index in [4.69, 9.17) is 5.73 Å². The van der Waals surface area contributed by atoms with Gasteiger partial charge in [0.15, 0.2) is 23.3 Å². The summed E-state index contributed by atoms with van der Waals surface area (Å²) in [4.78, 5) is 21.0. The van der Waals surface area contributed by atoms with E-state index in [0.717, 1.165) is 33.5 Å². The molecule has 0 bridgehead atoms. The van der Waals surface area contributed by atoms with Gasteiger partial charge in [-0.15, -0.1) is 0 Å². The molecule has 2 N–H and O–H groups in total. The fraction of sp³-hybridized carbons (Fsp3) is 0.0833. The minimum atomic E-state index is -1.56. The Morgan fingerprint density at radius 3 is 2.36 bits per heavy atom. The molecule has 0 unspecified atom stereocenters. The number of benzene rings is 2. The molecule has 0 radical (unpaired) electrons. The summed E-state index contributed by atoms with van der Waals surface area (Å²) in [5, 5.41) is 4.19. The molecule has 2 aromatic carbocycles. The Kier molecular flexibility index (Phi) is 6.41. The Balaban J connectivity index is 1.62. The number of nitrogens with zero attached hydrogens (tertiary/aromatic N) is 4. The van der Waals surface area contributed by atoms with Crippen LogP contribution in [0.2, 0.25) is 0 Å². The predicted octanol–water partition coefficient (Wildman–Crippen LogP) is 3.80. The molecular weight excluding hydrogens is 431 g/mol. The Morgan fingerprint density at radius 2 is 1.67 bits per heavy atom. The average Bonchev–Trinajstić information content (AvgIpc) is 2.83. The first-order valence-corrected chi connectivity index (χ1v) is 9.95. The summed E-state index contributed by atoms with van der Waals surface area (Å²) in [5.74, 6) is -3.72. The van der Waals surface area contributed by atoms with Gasteiger partial charge in [0.25, 0.3) is 5.56 Å². The van der Waals surface area contributed by atoms with Crippen LogP contribution in [0.15, 0.2) is 71.8 Å². The molecule has 4 aromatic rings. The van der Waals surface area contributed by atoms with Crippen LogP contribution in [0.1, 0.15) is 11.1 Å². The van der Waals surface area contributed by atoms with Crippen molar-refractivity contribution in [2.75, 3.05) is 6.54 Å². The van der Waals surface area contributed by atoms with Crippen LogP contribution in [0.25, 0.3) is 28.7 Å². The number of nitrogens with two attached hydrogens (primary N) is 1. The molecule has 4 rings (SSSR count). The lowest BCUT2D eigenvalue weighted by atomic mass is 10.1. The summed E-state index contributed by atoms with van der Waals surface area (Å²) in [6, 6.07) is 11.5. The number of halogens is 3. The monoisotopic (exact) mass is 449 g/mol. The van der Waals surface area contributed by atoms with E-state index in [2.05, 4.69) is 15.1 Å². The van der Waals surface area contributed by atoms with Gasteiger partial charge in [0, 0.05) is 41.7 Å². The van der Waals surface area contributed by atoms with E-state index in [9.17, 15) is 18.0 Å². The zero-order valence-electron chi connectivity index (χ0n) is 17.3. The maximum atomic E-state index is 13.6. The van der Waals surface area contributed by atoms with Crippen molar-refractivity contribution >= 4 is 6.08 Å². The van der Waals surface area contributed by atoms with Crippen LogP contribution in [0.3, 0.4) is 0 Å². The summed E-state index contributed by atoms with van der Waals surface area (Å²) < 4.78 is 41.7. The predicted molar refractivity (Wildman–Crippen MR) is 118 cm³/mol. The van der Waals surface area contributed by atoms with E-state index in [0.29, 0.717) is 12.4 Å². The minimum Gasteiger partial charge on any atom is -0.327 e. The number of hydrogen-bond acceptors (Lipinski definition) is 5. The van der Waals surface area contributed by atoms with E-state index in [1.807, 2.05) is 18.2 Å². The van der Waals surface area contributed by atoms with E-state index in [-0.39, 0.29) is 17.8 Å². The van der Waals surface area contributed by atoms with Crippen LogP contribution >= 0.6 is 0 Å². The van der Waals surface area contributed by atoms with Gasteiger partial charge in [-0.3, -0.25) is 4.79 Å². The van der Waals surface area contributed by atoms with Crippen LogP contribution in [-0.2, 0) is 6.54 Å². The molecule has 2 heterocycles. The van der Waals surface area contributed by atoms with Crippen molar-refractivity contribution in [3.8, 4) is 22.6 Å². The maximum Gasteiger partial charge on any atom is 0.267 e. The van der Waals surface area contributed by atoms with Gasteiger partial charge < -0.3 is 5.73 Å². The highest BCUT2D eigenvalue weighted by Crippen LogP contribution is 2.22. The molecule has 0 aliphatic carbocycles. The second-order valence-corrected chi connectivity index (χ2v) is 7.15. The van der Waals surface area contributed by atoms with Crippen molar-refractivity contribution in [1.82, 2.24) is 19.7 Å². The summed E-state index contributed by atoms with van der Waals surface area (Å²) in [5.41, 5.74) is 7.50. The third-order valence-electron chi connectivity index (χ3n) is 4.78. The van der Waals surface area contributed by atoms with Crippen LogP contribution in [0.5, 0.6) is 0 Å². The normalized spacial score (nSPS) is 11.3. The molecule has 6 nitrogen and oxygen atoms in total. The Hall–Kier alpha value is -4.11. The third-order valence-corrected chi connectivity index (χ3v) is 4.78. The van der Waals surface area contributed by atoms with Crippen LogP contribution < -0.4 is 11.3 Å². The molecule has 0 saturated carbocycles. The van der Waals surface area contributed by atoms with Gasteiger partial charge in [-0.1, -0.05) is 30.4 Å². The first-order valence-electron chi connectivity index (χ1n) is 9.95. The van der Waals surface area contributed by atoms with Gasteiger partial charge in [0.2, 0.25) is 0 Å². The molecule has 0 amide bonds. The summed E-state index contributed by atoms with van der Waals surface area (Å²) in [6.07, 6.45) is 6.98. The van der Waals surface area contributed by atoms with Crippen molar-refractivity contribution in [3.63, 3.8) is 0 Å². The molecule has 0 fully saturated rings. The van der Waals surface area contributed by atoms with E-state index in [1.54, 1.807) is 30.6 Å². The molecule has 0 saturated heterocycles. The molecule has 166 valence electrons. The highest BCUT2D eigenvalue weighted by molar-refractivity contribution is 5.59. The zero-order chi connectivity index (χ0) is 23.4. The summed E-state index contributed by atoms with van der Waals surface area (Å²) >= 11 is 0. The topological polar surface area (TPSA) is 86.7 Å². The fourth-order valence-electron chi connectivity index (χ4n) is 3.18. The molecular formula is C24H18F3N5O. The second-order valence-electron chi connectivity index (χ2n) is 7.15. The van der Waals surface area contributed by atoms with Crippen molar-refractivity contribution in [2.24, 2.45) is 5.73 Å². The molecule has 2 aromatic heterocycles. The van der Waals surface area contributed by atoms with Crippen molar-refractivity contribution in [1.29, 1.82) is 0 Å². The standard InChI is InChI=1S/C24H18F3N5O/c25-19-10-18(11-20(26)23(19)27)21-6-7-22(33)32(31-21)14-15-3-1-5-17(9-15)24-29-12-16(13-30-24)4-2-8-28/h1-7,9-13H,8,14,28H2. The smallest absolute Gasteiger partial charge is 0.267 e.